The molecule has 4 atom stereocenters. The summed E-state index contributed by atoms with van der Waals surface area (Å²) in [4.78, 5) is 12.6. The van der Waals surface area contributed by atoms with Crippen molar-refractivity contribution in [1.29, 1.82) is 0 Å². The Labute approximate surface area is 196 Å². The largest absolute Gasteiger partial charge is 0.491 e. The van der Waals surface area contributed by atoms with E-state index in [0.717, 1.165) is 67.9 Å². The van der Waals surface area contributed by atoms with Crippen LogP contribution in [0, 0.1) is 47.1 Å². The van der Waals surface area contributed by atoms with Crippen molar-refractivity contribution in [2.75, 3.05) is 7.11 Å². The monoisotopic (exact) mass is 460 g/mol. The Bertz CT molecular complexity index is 807. The average molecular weight is 461 g/mol. The van der Waals surface area contributed by atoms with Gasteiger partial charge in [-0.25, -0.2) is 8.78 Å². The molecule has 0 heterocycles. The van der Waals surface area contributed by atoms with Crippen molar-refractivity contribution in [2.45, 2.75) is 77.0 Å². The molecule has 4 unspecified atom stereocenters. The summed E-state index contributed by atoms with van der Waals surface area (Å²) in [5, 5.41) is 0. The van der Waals surface area contributed by atoms with Gasteiger partial charge in [-0.3, -0.25) is 4.79 Å². The number of methoxy groups -OCH3 is 1. The van der Waals surface area contributed by atoms with E-state index in [0.29, 0.717) is 5.92 Å². The topological polar surface area (TPSA) is 35.5 Å². The molecule has 33 heavy (non-hydrogen) atoms. The van der Waals surface area contributed by atoms with Gasteiger partial charge in [0.2, 0.25) is 0 Å². The molecule has 5 heteroatoms. The minimum absolute atomic E-state index is 0.0973. The van der Waals surface area contributed by atoms with E-state index in [1.165, 1.54) is 52.1 Å². The van der Waals surface area contributed by atoms with Crippen molar-refractivity contribution >= 4 is 5.97 Å². The molecule has 0 radical (unpaired) electrons. The highest BCUT2D eigenvalue weighted by atomic mass is 19.1. The summed E-state index contributed by atoms with van der Waals surface area (Å²) in [6.07, 6.45) is 16.5. The van der Waals surface area contributed by atoms with E-state index >= 15 is 0 Å². The van der Waals surface area contributed by atoms with E-state index in [1.54, 1.807) is 0 Å². The van der Waals surface area contributed by atoms with Crippen molar-refractivity contribution in [3.05, 3.63) is 36.4 Å². The summed E-state index contributed by atoms with van der Waals surface area (Å²) in [6, 6.07) is 2.02. The lowest BCUT2D eigenvalue weighted by atomic mass is 9.60. The Morgan fingerprint density at radius 3 is 2.15 bits per heavy atom. The number of esters is 1. The van der Waals surface area contributed by atoms with Crippen LogP contribution in [-0.2, 0) is 4.79 Å². The van der Waals surface area contributed by atoms with Gasteiger partial charge in [0.1, 0.15) is 5.75 Å². The van der Waals surface area contributed by atoms with E-state index in [-0.39, 0.29) is 17.6 Å². The zero-order chi connectivity index (χ0) is 23.4. The van der Waals surface area contributed by atoms with Crippen molar-refractivity contribution in [2.24, 2.45) is 35.5 Å². The molecule has 3 saturated carbocycles. The Hall–Kier alpha value is -1.91. The SMILES string of the molecule is C=CCCC1CCC2CC(C3CCC(C(=O)Oc4cc(F)c(OC)c(F)c4)CC3)CCC2C1. The number of halogens is 2. The summed E-state index contributed by atoms with van der Waals surface area (Å²) in [6.45, 7) is 3.87. The Morgan fingerprint density at radius 2 is 1.52 bits per heavy atom. The second-order valence-electron chi connectivity index (χ2n) is 10.6. The number of hydrogen-bond donors (Lipinski definition) is 0. The van der Waals surface area contributed by atoms with E-state index in [4.69, 9.17) is 4.74 Å². The van der Waals surface area contributed by atoms with Gasteiger partial charge < -0.3 is 9.47 Å². The molecular weight excluding hydrogens is 422 g/mol. The maximum Gasteiger partial charge on any atom is 0.314 e. The summed E-state index contributed by atoms with van der Waals surface area (Å²) in [5.74, 6) is 1.34. The van der Waals surface area contributed by atoms with Crippen LogP contribution in [0.4, 0.5) is 8.78 Å². The molecule has 0 aromatic heterocycles. The highest BCUT2D eigenvalue weighted by Crippen LogP contribution is 2.49. The number of carbonyl (C=O) groups is 1. The van der Waals surface area contributed by atoms with Crippen LogP contribution in [0.1, 0.15) is 77.0 Å². The lowest BCUT2D eigenvalue weighted by Crippen LogP contribution is -2.35. The van der Waals surface area contributed by atoms with Crippen LogP contribution in [0.15, 0.2) is 24.8 Å². The molecule has 1 aromatic carbocycles. The normalized spacial score (nSPS) is 32.0. The van der Waals surface area contributed by atoms with Gasteiger partial charge in [-0.05, 0) is 100 Å². The molecule has 0 bridgehead atoms. The van der Waals surface area contributed by atoms with Gasteiger partial charge in [0.15, 0.2) is 17.4 Å². The lowest BCUT2D eigenvalue weighted by molar-refractivity contribution is -0.140. The first-order chi connectivity index (χ1) is 16.0. The van der Waals surface area contributed by atoms with Gasteiger partial charge in [0.05, 0.1) is 13.0 Å². The van der Waals surface area contributed by atoms with E-state index < -0.39 is 17.4 Å². The third kappa shape index (κ3) is 5.78. The summed E-state index contributed by atoms with van der Waals surface area (Å²) < 4.78 is 37.8. The number of hydrogen-bond acceptors (Lipinski definition) is 3. The molecule has 3 aliphatic carbocycles. The zero-order valence-corrected chi connectivity index (χ0v) is 19.9. The highest BCUT2D eigenvalue weighted by molar-refractivity contribution is 5.75. The van der Waals surface area contributed by atoms with Gasteiger partial charge in [0.25, 0.3) is 0 Å². The van der Waals surface area contributed by atoms with Crippen molar-refractivity contribution in [1.82, 2.24) is 0 Å². The third-order valence-corrected chi connectivity index (χ3v) is 8.71. The summed E-state index contributed by atoms with van der Waals surface area (Å²) >= 11 is 0. The summed E-state index contributed by atoms with van der Waals surface area (Å²) in [5.41, 5.74) is 0. The van der Waals surface area contributed by atoms with Crippen LogP contribution < -0.4 is 9.47 Å². The molecule has 3 fully saturated rings. The second-order valence-corrected chi connectivity index (χ2v) is 10.6. The first-order valence-electron chi connectivity index (χ1n) is 12.8. The van der Waals surface area contributed by atoms with Crippen molar-refractivity contribution in [3.63, 3.8) is 0 Å². The van der Waals surface area contributed by atoms with Crippen molar-refractivity contribution < 1.29 is 23.0 Å². The Morgan fingerprint density at radius 1 is 0.939 bits per heavy atom. The van der Waals surface area contributed by atoms with Gasteiger partial charge in [-0.15, -0.1) is 6.58 Å². The number of benzene rings is 1. The number of allylic oxidation sites excluding steroid dienone is 1. The number of carbonyl (C=O) groups excluding carboxylic acids is 1. The molecule has 4 rings (SSSR count). The second kappa shape index (κ2) is 11.0. The molecule has 0 spiro atoms. The molecule has 0 aliphatic heterocycles. The van der Waals surface area contributed by atoms with Crippen LogP contribution >= 0.6 is 0 Å². The fraction of sp³-hybridized carbons (Fsp3) is 0.679. The standard InChI is InChI=1S/C28H38F2O3/c1-3-4-5-18-6-7-23-15-22(13-12-21(23)14-18)19-8-10-20(11-9-19)28(31)33-24-16-25(29)27(32-2)26(30)17-24/h3,16-23H,1,4-15H2,2H3. The number of rotatable bonds is 7. The quantitative estimate of drug-likeness (QED) is 0.240. The summed E-state index contributed by atoms with van der Waals surface area (Å²) in [7, 11) is 1.20. The fourth-order valence-corrected chi connectivity index (χ4v) is 6.88. The minimum Gasteiger partial charge on any atom is -0.491 e. The van der Waals surface area contributed by atoms with Crippen LogP contribution in [0.25, 0.3) is 0 Å². The number of ether oxygens (including phenoxy) is 2. The van der Waals surface area contributed by atoms with Gasteiger partial charge in [-0.2, -0.15) is 0 Å². The van der Waals surface area contributed by atoms with Gasteiger partial charge in [0, 0.05) is 12.1 Å². The van der Waals surface area contributed by atoms with Crippen LogP contribution in [0.5, 0.6) is 11.5 Å². The van der Waals surface area contributed by atoms with Crippen LogP contribution in [0.3, 0.4) is 0 Å². The Balaban J connectivity index is 1.24. The fourth-order valence-electron chi connectivity index (χ4n) is 6.88. The minimum atomic E-state index is -0.866. The van der Waals surface area contributed by atoms with Gasteiger partial charge >= 0.3 is 5.97 Å². The number of fused-ring (bicyclic) bond motifs is 1. The smallest absolute Gasteiger partial charge is 0.314 e. The first-order valence-corrected chi connectivity index (χ1v) is 12.8. The predicted molar refractivity (Wildman–Crippen MR) is 125 cm³/mol. The van der Waals surface area contributed by atoms with Crippen molar-refractivity contribution in [3.8, 4) is 11.5 Å². The maximum atomic E-state index is 13.9. The average Bonchev–Trinajstić information content (AvgIpc) is 2.82. The molecule has 0 N–H and O–H groups in total. The van der Waals surface area contributed by atoms with Crippen LogP contribution in [0.2, 0.25) is 0 Å². The zero-order valence-electron chi connectivity index (χ0n) is 19.9. The van der Waals surface area contributed by atoms with Crippen LogP contribution in [-0.4, -0.2) is 13.1 Å². The van der Waals surface area contributed by atoms with E-state index in [2.05, 4.69) is 17.4 Å². The van der Waals surface area contributed by atoms with E-state index in [1.807, 2.05) is 0 Å². The molecular formula is C28H38F2O3. The van der Waals surface area contributed by atoms with Gasteiger partial charge in [-0.1, -0.05) is 12.5 Å². The first kappa shape index (κ1) is 24.2. The molecule has 3 nitrogen and oxygen atoms in total. The Kier molecular flexibility index (Phi) is 8.08. The molecule has 182 valence electrons. The third-order valence-electron chi connectivity index (χ3n) is 8.71. The molecule has 1 aromatic rings. The molecule has 0 amide bonds. The molecule has 0 saturated heterocycles. The lowest BCUT2D eigenvalue weighted by Gasteiger charge is -2.45. The maximum absolute atomic E-state index is 13.9. The predicted octanol–water partition coefficient (Wildman–Crippen LogP) is 7.48. The molecule has 3 aliphatic rings. The highest BCUT2D eigenvalue weighted by Gasteiger charge is 2.39. The van der Waals surface area contributed by atoms with E-state index in [9.17, 15) is 13.6 Å².